The molecule has 0 bridgehead atoms. The number of aliphatic carboxylic acids is 1. The molecule has 1 rings (SSSR count). The number of ether oxygens (including phenoxy) is 5. The summed E-state index contributed by atoms with van der Waals surface area (Å²) in [7, 11) is 0. The predicted molar refractivity (Wildman–Crippen MR) is 321 cm³/mol. The highest BCUT2D eigenvalue weighted by Gasteiger charge is 2.50. The molecule has 0 aromatic carbocycles. The van der Waals surface area contributed by atoms with Gasteiger partial charge in [-0.05, 0) is 116 Å². The lowest BCUT2D eigenvalue weighted by Gasteiger charge is -2.40. The number of carboxylic acid groups (broad SMARTS) is 1. The minimum absolute atomic E-state index is 0.0254. The summed E-state index contributed by atoms with van der Waals surface area (Å²) in [6, 6.07) is 0. The molecule has 3 N–H and O–H groups in total. The topological polar surface area (TPSA) is 175 Å². The fourth-order valence-electron chi connectivity index (χ4n) is 8.17. The van der Waals surface area contributed by atoms with Gasteiger partial charge in [0.1, 0.15) is 18.8 Å². The molecule has 0 spiro atoms. The van der Waals surface area contributed by atoms with E-state index in [0.717, 1.165) is 135 Å². The van der Waals surface area contributed by atoms with Crippen LogP contribution in [-0.4, -0.2) is 89.2 Å². The molecular weight excluding hydrogens is 997 g/mol. The maximum Gasteiger partial charge on any atom is 0.335 e. The summed E-state index contributed by atoms with van der Waals surface area (Å²) in [5, 5.41) is 31.5. The van der Waals surface area contributed by atoms with Crippen LogP contribution < -0.4 is 0 Å². The maximum atomic E-state index is 13.1. The summed E-state index contributed by atoms with van der Waals surface area (Å²) in [6.07, 6.45) is 63.0. The standard InChI is InChI=1S/C67H104O12/c1-4-7-10-13-16-19-22-25-28-29-30-31-34-35-38-41-44-47-50-53-59(68)75-56-58(77-60(69)54-51-48-45-42-39-36-32-26-23-20-17-14-11-8-5-2)57-76-67-65(63(72)62(71)64(79-67)66(73)74)78-61(70)55-52-49-46-43-40-37-33-27-24-21-18-15-12-9-6-3/h7-8,10-11,16-21,25-28,30-33,39,42,48,51,58,62-65,67,71-72H,4-6,9,12-15,22-24,29,34-38,40-41,43-47,49-50,52-57H2,1-3H3,(H,73,74)/b10-7-,11-8-,19-16-,20-17-,21-18-,28-25-,31-30-,32-26-,33-27-,42-39-,51-48-. The SMILES string of the molecule is CC/C=C\C/C=C\C/C=C\C/C=C\C/C=C\CC(=O)OC(COC(=O)CCCCCCCC/C=C\C/C=C\C/C=C\C/C=C\CC)COC1OC(C(=O)O)C(O)C(O)C1OC(=O)CCCCCCC/C=C\C/C=C\CCCCC. The van der Waals surface area contributed by atoms with Gasteiger partial charge in [0.05, 0.1) is 13.0 Å². The third kappa shape index (κ3) is 43.4. The highest BCUT2D eigenvalue weighted by atomic mass is 16.7. The monoisotopic (exact) mass is 1100 g/mol. The highest BCUT2D eigenvalue weighted by Crippen LogP contribution is 2.26. The normalized spacial score (nSPS) is 18.8. The van der Waals surface area contributed by atoms with Gasteiger partial charge in [-0.25, -0.2) is 4.79 Å². The van der Waals surface area contributed by atoms with E-state index in [0.29, 0.717) is 19.3 Å². The van der Waals surface area contributed by atoms with Crippen molar-refractivity contribution < 1.29 is 58.2 Å². The summed E-state index contributed by atoms with van der Waals surface area (Å²) < 4.78 is 28.3. The number of carboxylic acids is 1. The number of hydrogen-bond acceptors (Lipinski definition) is 11. The van der Waals surface area contributed by atoms with E-state index in [1.807, 2.05) is 18.2 Å². The molecule has 6 unspecified atom stereocenters. The van der Waals surface area contributed by atoms with Crippen LogP contribution in [0.1, 0.15) is 213 Å². The second-order valence-corrected chi connectivity index (χ2v) is 19.9. The summed E-state index contributed by atoms with van der Waals surface area (Å²) >= 11 is 0. The van der Waals surface area contributed by atoms with Crippen molar-refractivity contribution in [3.63, 3.8) is 0 Å². The predicted octanol–water partition coefficient (Wildman–Crippen LogP) is 15.8. The van der Waals surface area contributed by atoms with E-state index in [9.17, 15) is 34.5 Å². The van der Waals surface area contributed by atoms with Crippen LogP contribution in [0.25, 0.3) is 0 Å². The zero-order chi connectivity index (χ0) is 57.5. The summed E-state index contributed by atoms with van der Waals surface area (Å²) in [4.78, 5) is 51.1. The van der Waals surface area contributed by atoms with Gasteiger partial charge in [0.25, 0.3) is 0 Å². The van der Waals surface area contributed by atoms with Crippen molar-refractivity contribution in [2.45, 2.75) is 250 Å². The van der Waals surface area contributed by atoms with Gasteiger partial charge >= 0.3 is 23.9 Å². The molecule has 1 aliphatic heterocycles. The molecule has 0 saturated carbocycles. The number of unbranched alkanes of at least 4 members (excludes halogenated alkanes) is 14. The Balaban J connectivity index is 2.76. The molecule has 12 nitrogen and oxygen atoms in total. The molecule has 1 saturated heterocycles. The zero-order valence-electron chi connectivity index (χ0n) is 48.8. The van der Waals surface area contributed by atoms with Gasteiger partial charge < -0.3 is 39.0 Å². The Morgan fingerprint density at radius 2 is 0.835 bits per heavy atom. The number of rotatable bonds is 49. The molecule has 1 fully saturated rings. The number of aliphatic hydroxyl groups is 2. The van der Waals surface area contributed by atoms with E-state index in [1.54, 1.807) is 6.08 Å². The lowest BCUT2D eigenvalue weighted by Crippen LogP contribution is -2.61. The second kappa shape index (κ2) is 53.5. The van der Waals surface area contributed by atoms with Crippen molar-refractivity contribution in [2.75, 3.05) is 13.2 Å². The van der Waals surface area contributed by atoms with E-state index < -0.39 is 67.3 Å². The number of hydrogen-bond donors (Lipinski definition) is 3. The van der Waals surface area contributed by atoms with Crippen molar-refractivity contribution in [3.05, 3.63) is 134 Å². The molecule has 0 aromatic rings. The number of aliphatic hydroxyl groups excluding tert-OH is 2. The van der Waals surface area contributed by atoms with Crippen LogP contribution >= 0.6 is 0 Å². The van der Waals surface area contributed by atoms with Gasteiger partial charge in [-0.2, -0.15) is 0 Å². The van der Waals surface area contributed by atoms with Crippen molar-refractivity contribution in [1.29, 1.82) is 0 Å². The molecule has 0 aromatic heterocycles. The third-order valence-corrected chi connectivity index (χ3v) is 12.7. The minimum Gasteiger partial charge on any atom is -0.479 e. The van der Waals surface area contributed by atoms with Crippen LogP contribution in [-0.2, 0) is 42.9 Å². The fourth-order valence-corrected chi connectivity index (χ4v) is 8.17. The minimum atomic E-state index is -1.93. The van der Waals surface area contributed by atoms with E-state index in [4.69, 9.17) is 23.7 Å². The van der Waals surface area contributed by atoms with Gasteiger partial charge in [-0.1, -0.05) is 212 Å². The first-order valence-electron chi connectivity index (χ1n) is 30.2. The number of allylic oxidation sites excluding steroid dienone is 21. The van der Waals surface area contributed by atoms with Crippen LogP contribution in [0.2, 0.25) is 0 Å². The number of esters is 3. The van der Waals surface area contributed by atoms with Crippen molar-refractivity contribution in [3.8, 4) is 0 Å². The molecule has 12 heteroatoms. The van der Waals surface area contributed by atoms with Crippen molar-refractivity contribution in [2.24, 2.45) is 0 Å². The first kappa shape index (κ1) is 71.9. The van der Waals surface area contributed by atoms with Crippen LogP contribution in [0.5, 0.6) is 0 Å². The highest BCUT2D eigenvalue weighted by molar-refractivity contribution is 5.74. The lowest BCUT2D eigenvalue weighted by atomic mass is 9.98. The molecule has 0 amide bonds. The van der Waals surface area contributed by atoms with Crippen LogP contribution in [0.15, 0.2) is 134 Å². The van der Waals surface area contributed by atoms with E-state index >= 15 is 0 Å². The largest absolute Gasteiger partial charge is 0.479 e. The van der Waals surface area contributed by atoms with Crippen molar-refractivity contribution >= 4 is 23.9 Å². The molecule has 6 atom stereocenters. The van der Waals surface area contributed by atoms with Crippen LogP contribution in [0.4, 0.5) is 0 Å². The van der Waals surface area contributed by atoms with Gasteiger partial charge in [0, 0.05) is 12.8 Å². The van der Waals surface area contributed by atoms with Gasteiger partial charge in [0.2, 0.25) is 0 Å². The number of carbonyl (C=O) groups is 4. The van der Waals surface area contributed by atoms with Gasteiger partial charge in [0.15, 0.2) is 24.6 Å². The first-order valence-corrected chi connectivity index (χ1v) is 30.2. The quantitative estimate of drug-likeness (QED) is 0.0228. The first-order chi connectivity index (χ1) is 38.6. The molecule has 79 heavy (non-hydrogen) atoms. The maximum absolute atomic E-state index is 13.1. The fraction of sp³-hybridized carbons (Fsp3) is 0.612. The van der Waals surface area contributed by atoms with Crippen LogP contribution in [0, 0.1) is 0 Å². The molecule has 444 valence electrons. The lowest BCUT2D eigenvalue weighted by molar-refractivity contribution is -0.301. The summed E-state index contributed by atoms with van der Waals surface area (Å²) in [6.45, 7) is 5.62. The molecule has 1 aliphatic rings. The average Bonchev–Trinajstić information content (AvgIpc) is 3.46. The van der Waals surface area contributed by atoms with Gasteiger partial charge in [-0.15, -0.1) is 0 Å². The second-order valence-electron chi connectivity index (χ2n) is 19.9. The van der Waals surface area contributed by atoms with Crippen LogP contribution in [0.3, 0.4) is 0 Å². The molecule has 0 radical (unpaired) electrons. The summed E-state index contributed by atoms with van der Waals surface area (Å²) in [5.41, 5.74) is 0. The Kier molecular flexibility index (Phi) is 48.7. The Hall–Kier alpha value is -5.14. The zero-order valence-corrected chi connectivity index (χ0v) is 48.8. The summed E-state index contributed by atoms with van der Waals surface area (Å²) in [5.74, 6) is -3.34. The van der Waals surface area contributed by atoms with Gasteiger partial charge in [-0.3, -0.25) is 14.4 Å². The Morgan fingerprint density at radius 1 is 0.443 bits per heavy atom. The third-order valence-electron chi connectivity index (χ3n) is 12.7. The molecular formula is C67H104O12. The Morgan fingerprint density at radius 3 is 1.28 bits per heavy atom. The van der Waals surface area contributed by atoms with Crippen molar-refractivity contribution in [1.82, 2.24) is 0 Å². The van der Waals surface area contributed by atoms with E-state index in [2.05, 4.69) is 130 Å². The Labute approximate surface area is 477 Å². The van der Waals surface area contributed by atoms with E-state index in [1.165, 1.54) is 19.3 Å². The number of carbonyl (C=O) groups excluding carboxylic acids is 3. The Bertz CT molecular complexity index is 1880. The molecule has 1 heterocycles. The smallest absolute Gasteiger partial charge is 0.335 e. The average molecular weight is 1100 g/mol. The molecule has 0 aliphatic carbocycles. The van der Waals surface area contributed by atoms with E-state index in [-0.39, 0.29) is 25.9 Å².